The molecule has 30 heavy (non-hydrogen) atoms. The van der Waals surface area contributed by atoms with E-state index < -0.39 is 0 Å². The Morgan fingerprint density at radius 2 is 1.67 bits per heavy atom. The van der Waals surface area contributed by atoms with Crippen LogP contribution in [-0.4, -0.2) is 18.4 Å². The maximum atomic E-state index is 13.0. The van der Waals surface area contributed by atoms with Crippen molar-refractivity contribution in [2.24, 2.45) is 0 Å². The molecule has 0 radical (unpaired) electrons. The van der Waals surface area contributed by atoms with E-state index >= 15 is 0 Å². The van der Waals surface area contributed by atoms with Crippen LogP contribution in [0.3, 0.4) is 0 Å². The van der Waals surface area contributed by atoms with Crippen molar-refractivity contribution >= 4 is 17.5 Å². The Kier molecular flexibility index (Phi) is 5.61. The van der Waals surface area contributed by atoms with Gasteiger partial charge in [0.15, 0.2) is 0 Å². The van der Waals surface area contributed by atoms with E-state index in [0.717, 1.165) is 35.3 Å². The molecule has 2 amide bonds. The molecule has 0 unspecified atom stereocenters. The summed E-state index contributed by atoms with van der Waals surface area (Å²) in [5.74, 6) is -0.317. The highest BCUT2D eigenvalue weighted by atomic mass is 19.1. The number of rotatable bonds is 5. The van der Waals surface area contributed by atoms with Crippen LogP contribution in [-0.2, 0) is 17.8 Å². The number of benzene rings is 3. The van der Waals surface area contributed by atoms with Crippen molar-refractivity contribution in [2.45, 2.75) is 26.3 Å². The van der Waals surface area contributed by atoms with E-state index in [1.165, 1.54) is 17.7 Å². The Morgan fingerprint density at radius 1 is 0.967 bits per heavy atom. The summed E-state index contributed by atoms with van der Waals surface area (Å²) in [6.07, 6.45) is 1.37. The fourth-order valence-electron chi connectivity index (χ4n) is 3.73. The van der Waals surface area contributed by atoms with Crippen molar-refractivity contribution in [3.8, 4) is 11.1 Å². The fourth-order valence-corrected chi connectivity index (χ4v) is 3.73. The van der Waals surface area contributed by atoms with Gasteiger partial charge in [0.25, 0.3) is 5.91 Å². The first-order valence-corrected chi connectivity index (χ1v) is 10.1. The summed E-state index contributed by atoms with van der Waals surface area (Å²) in [6, 6.07) is 19.7. The van der Waals surface area contributed by atoms with Gasteiger partial charge >= 0.3 is 0 Å². The third-order valence-electron chi connectivity index (χ3n) is 5.43. The van der Waals surface area contributed by atoms with Crippen LogP contribution in [0.2, 0.25) is 0 Å². The summed E-state index contributed by atoms with van der Waals surface area (Å²) in [5, 5.41) is 2.85. The molecule has 1 N–H and O–H groups in total. The van der Waals surface area contributed by atoms with E-state index in [0.29, 0.717) is 18.5 Å². The zero-order valence-corrected chi connectivity index (χ0v) is 16.8. The number of amides is 2. The molecule has 1 aliphatic heterocycles. The van der Waals surface area contributed by atoms with Crippen molar-refractivity contribution < 1.29 is 14.0 Å². The molecule has 5 heteroatoms. The normalized spacial score (nSPS) is 12.5. The monoisotopic (exact) mass is 402 g/mol. The van der Waals surface area contributed by atoms with Gasteiger partial charge < -0.3 is 10.2 Å². The lowest BCUT2D eigenvalue weighted by molar-refractivity contribution is -0.118. The second-order valence-electron chi connectivity index (χ2n) is 7.38. The van der Waals surface area contributed by atoms with Gasteiger partial charge in [0.05, 0.1) is 0 Å². The van der Waals surface area contributed by atoms with Crippen molar-refractivity contribution in [3.63, 3.8) is 0 Å². The average Bonchev–Trinajstić information content (AvgIpc) is 3.21. The van der Waals surface area contributed by atoms with E-state index in [4.69, 9.17) is 0 Å². The van der Waals surface area contributed by atoms with Crippen LogP contribution < -0.4 is 10.2 Å². The average molecular weight is 402 g/mol. The zero-order valence-electron chi connectivity index (χ0n) is 16.8. The number of nitrogens with zero attached hydrogens (tertiary/aromatic N) is 1. The van der Waals surface area contributed by atoms with Gasteiger partial charge in [-0.05, 0) is 65.1 Å². The zero-order chi connectivity index (χ0) is 21.1. The summed E-state index contributed by atoms with van der Waals surface area (Å²) in [4.78, 5) is 26.3. The SMILES string of the molecule is CCC(=O)N1CCc2cc(-c3ccc(C(=O)NCc4ccc(F)cc4)cc3)ccc21. The van der Waals surface area contributed by atoms with Crippen LogP contribution in [0, 0.1) is 5.82 Å². The van der Waals surface area contributed by atoms with Gasteiger partial charge in [-0.3, -0.25) is 9.59 Å². The third-order valence-corrected chi connectivity index (χ3v) is 5.43. The van der Waals surface area contributed by atoms with E-state index in [9.17, 15) is 14.0 Å². The molecule has 0 saturated heterocycles. The van der Waals surface area contributed by atoms with Crippen LogP contribution >= 0.6 is 0 Å². The molecule has 3 aromatic carbocycles. The Bertz CT molecular complexity index is 1080. The van der Waals surface area contributed by atoms with Gasteiger partial charge in [0.1, 0.15) is 5.82 Å². The van der Waals surface area contributed by atoms with Gasteiger partial charge in [0.2, 0.25) is 5.91 Å². The molecule has 0 saturated carbocycles. The molecule has 1 heterocycles. The molecule has 0 bridgehead atoms. The molecule has 0 aliphatic carbocycles. The lowest BCUT2D eigenvalue weighted by atomic mass is 10.0. The third kappa shape index (κ3) is 4.10. The standard InChI is InChI=1S/C25H23FN2O2/c1-2-24(29)28-14-13-21-15-20(9-12-23(21)28)18-5-7-19(8-6-18)25(30)27-16-17-3-10-22(26)11-4-17/h3-12,15H,2,13-14,16H2,1H3,(H,27,30). The van der Waals surface area contributed by atoms with Crippen LogP contribution in [0.25, 0.3) is 11.1 Å². The Hall–Kier alpha value is -3.47. The minimum atomic E-state index is -0.295. The van der Waals surface area contributed by atoms with Crippen molar-refractivity contribution in [1.29, 1.82) is 0 Å². The van der Waals surface area contributed by atoms with Crippen LogP contribution in [0.1, 0.15) is 34.8 Å². The molecule has 152 valence electrons. The smallest absolute Gasteiger partial charge is 0.251 e. The highest BCUT2D eigenvalue weighted by molar-refractivity contribution is 5.96. The highest BCUT2D eigenvalue weighted by Crippen LogP contribution is 2.32. The maximum Gasteiger partial charge on any atom is 0.251 e. The number of anilines is 1. The quantitative estimate of drug-likeness (QED) is 0.671. The molecular formula is C25H23FN2O2. The highest BCUT2D eigenvalue weighted by Gasteiger charge is 2.23. The van der Waals surface area contributed by atoms with Gasteiger partial charge in [-0.15, -0.1) is 0 Å². The number of hydrogen-bond acceptors (Lipinski definition) is 2. The van der Waals surface area contributed by atoms with Gasteiger partial charge in [-0.1, -0.05) is 37.3 Å². The van der Waals surface area contributed by atoms with Gasteiger partial charge in [-0.25, -0.2) is 4.39 Å². The summed E-state index contributed by atoms with van der Waals surface area (Å²) in [5.41, 5.74) is 5.68. The Morgan fingerprint density at radius 3 is 2.37 bits per heavy atom. The second-order valence-corrected chi connectivity index (χ2v) is 7.38. The molecule has 0 spiro atoms. The Labute approximate surface area is 175 Å². The number of nitrogens with one attached hydrogen (secondary N) is 1. The largest absolute Gasteiger partial charge is 0.348 e. The number of hydrogen-bond donors (Lipinski definition) is 1. The Balaban J connectivity index is 1.44. The number of carbonyl (C=O) groups excluding carboxylic acids is 2. The molecule has 3 aromatic rings. The fraction of sp³-hybridized carbons (Fsp3) is 0.200. The van der Waals surface area contributed by atoms with E-state index in [2.05, 4.69) is 11.4 Å². The minimum Gasteiger partial charge on any atom is -0.348 e. The van der Waals surface area contributed by atoms with E-state index in [1.54, 1.807) is 24.3 Å². The van der Waals surface area contributed by atoms with Gasteiger partial charge in [-0.2, -0.15) is 0 Å². The lowest BCUT2D eigenvalue weighted by Gasteiger charge is -2.16. The minimum absolute atomic E-state index is 0.150. The molecule has 4 rings (SSSR count). The predicted molar refractivity (Wildman–Crippen MR) is 116 cm³/mol. The first-order valence-electron chi connectivity index (χ1n) is 10.1. The lowest BCUT2D eigenvalue weighted by Crippen LogP contribution is -2.27. The summed E-state index contributed by atoms with van der Waals surface area (Å²) >= 11 is 0. The van der Waals surface area contributed by atoms with Crippen molar-refractivity contribution in [2.75, 3.05) is 11.4 Å². The number of carbonyl (C=O) groups is 2. The molecule has 4 nitrogen and oxygen atoms in total. The van der Waals surface area contributed by atoms with Crippen LogP contribution in [0.4, 0.5) is 10.1 Å². The summed E-state index contributed by atoms with van der Waals surface area (Å²) in [6.45, 7) is 2.96. The topological polar surface area (TPSA) is 49.4 Å². The summed E-state index contributed by atoms with van der Waals surface area (Å²) in [7, 11) is 0. The van der Waals surface area contributed by atoms with Crippen molar-refractivity contribution in [3.05, 3.63) is 89.2 Å². The molecule has 0 atom stereocenters. The maximum absolute atomic E-state index is 13.0. The number of fused-ring (bicyclic) bond motifs is 1. The first-order chi connectivity index (χ1) is 14.5. The van der Waals surface area contributed by atoms with Crippen LogP contribution in [0.15, 0.2) is 66.7 Å². The van der Waals surface area contributed by atoms with Gasteiger partial charge in [0, 0.05) is 30.8 Å². The van der Waals surface area contributed by atoms with E-state index in [1.807, 2.05) is 36.1 Å². The summed E-state index contributed by atoms with van der Waals surface area (Å²) < 4.78 is 13.0. The van der Waals surface area contributed by atoms with Crippen LogP contribution in [0.5, 0.6) is 0 Å². The predicted octanol–water partition coefficient (Wildman–Crippen LogP) is 4.72. The first kappa shape index (κ1) is 19.8. The van der Waals surface area contributed by atoms with E-state index in [-0.39, 0.29) is 17.6 Å². The number of halogens is 1. The molecular weight excluding hydrogens is 379 g/mol. The molecule has 0 fully saturated rings. The molecule has 0 aromatic heterocycles. The second kappa shape index (κ2) is 8.49. The molecule has 1 aliphatic rings. The van der Waals surface area contributed by atoms with Crippen molar-refractivity contribution in [1.82, 2.24) is 5.32 Å².